The summed E-state index contributed by atoms with van der Waals surface area (Å²) in [6, 6.07) is 3.82. The first-order valence-electron chi connectivity index (χ1n) is 4.14. The van der Waals surface area contributed by atoms with Crippen molar-refractivity contribution in [2.45, 2.75) is 18.9 Å². The van der Waals surface area contributed by atoms with E-state index in [1.54, 1.807) is 6.20 Å². The molecule has 0 saturated heterocycles. The summed E-state index contributed by atoms with van der Waals surface area (Å²) < 4.78 is 5.57. The van der Waals surface area contributed by atoms with Crippen LogP contribution < -0.4 is 10.5 Å². The van der Waals surface area contributed by atoms with Crippen molar-refractivity contribution in [3.05, 3.63) is 24.0 Å². The fourth-order valence-electron chi connectivity index (χ4n) is 1.59. The minimum absolute atomic E-state index is 0.167. The predicted molar refractivity (Wildman–Crippen MR) is 46.1 cm³/mol. The first-order chi connectivity index (χ1) is 5.83. The Morgan fingerprint density at radius 2 is 2.50 bits per heavy atom. The highest BCUT2D eigenvalue weighted by Gasteiger charge is 2.30. The SMILES string of the molecule is C[C@@H]1Oc2cccnc2[C@@H]1CN. The molecular weight excluding hydrogens is 152 g/mol. The second-order valence-electron chi connectivity index (χ2n) is 3.05. The first kappa shape index (κ1) is 7.55. The van der Waals surface area contributed by atoms with Crippen molar-refractivity contribution in [2.75, 3.05) is 6.54 Å². The number of hydrogen-bond acceptors (Lipinski definition) is 3. The van der Waals surface area contributed by atoms with E-state index in [1.807, 2.05) is 19.1 Å². The Bertz CT molecular complexity index is 288. The highest BCUT2D eigenvalue weighted by Crippen LogP contribution is 2.35. The zero-order valence-electron chi connectivity index (χ0n) is 7.03. The molecule has 0 aromatic carbocycles. The highest BCUT2D eigenvalue weighted by molar-refractivity contribution is 5.35. The Labute approximate surface area is 71.6 Å². The quantitative estimate of drug-likeness (QED) is 0.671. The lowest BCUT2D eigenvalue weighted by atomic mass is 10.0. The van der Waals surface area contributed by atoms with Gasteiger partial charge in [-0.15, -0.1) is 0 Å². The van der Waals surface area contributed by atoms with Gasteiger partial charge in [0.2, 0.25) is 0 Å². The van der Waals surface area contributed by atoms with Gasteiger partial charge in [-0.05, 0) is 19.1 Å². The third-order valence-electron chi connectivity index (χ3n) is 2.28. The molecule has 0 unspecified atom stereocenters. The van der Waals surface area contributed by atoms with Gasteiger partial charge in [0.1, 0.15) is 11.9 Å². The van der Waals surface area contributed by atoms with Crippen LogP contribution in [0.25, 0.3) is 0 Å². The molecule has 2 rings (SSSR count). The molecule has 1 aromatic heterocycles. The number of rotatable bonds is 1. The molecule has 0 fully saturated rings. The van der Waals surface area contributed by atoms with Gasteiger partial charge in [-0.3, -0.25) is 4.98 Å². The third-order valence-corrected chi connectivity index (χ3v) is 2.28. The van der Waals surface area contributed by atoms with Crippen LogP contribution in [0.2, 0.25) is 0 Å². The van der Waals surface area contributed by atoms with Crippen LogP contribution in [-0.2, 0) is 0 Å². The van der Waals surface area contributed by atoms with Crippen LogP contribution in [0.5, 0.6) is 5.75 Å². The smallest absolute Gasteiger partial charge is 0.141 e. The molecule has 2 N–H and O–H groups in total. The van der Waals surface area contributed by atoms with Gasteiger partial charge in [-0.2, -0.15) is 0 Å². The van der Waals surface area contributed by atoms with E-state index in [2.05, 4.69) is 4.98 Å². The fourth-order valence-corrected chi connectivity index (χ4v) is 1.59. The number of fused-ring (bicyclic) bond motifs is 1. The van der Waals surface area contributed by atoms with Crippen LogP contribution in [0, 0.1) is 0 Å². The maximum atomic E-state index is 5.62. The molecule has 0 spiro atoms. The van der Waals surface area contributed by atoms with Crippen molar-refractivity contribution >= 4 is 0 Å². The summed E-state index contributed by atoms with van der Waals surface area (Å²) in [5, 5.41) is 0. The van der Waals surface area contributed by atoms with E-state index < -0.39 is 0 Å². The van der Waals surface area contributed by atoms with Gasteiger partial charge in [0.25, 0.3) is 0 Å². The van der Waals surface area contributed by atoms with Crippen molar-refractivity contribution < 1.29 is 4.74 Å². The Kier molecular flexibility index (Phi) is 1.73. The van der Waals surface area contributed by atoms with Crippen LogP contribution in [0.4, 0.5) is 0 Å². The molecule has 0 aliphatic carbocycles. The summed E-state index contributed by atoms with van der Waals surface area (Å²) in [5.41, 5.74) is 6.63. The minimum atomic E-state index is 0.167. The molecule has 0 bridgehead atoms. The van der Waals surface area contributed by atoms with Gasteiger partial charge < -0.3 is 10.5 Å². The highest BCUT2D eigenvalue weighted by atomic mass is 16.5. The van der Waals surface area contributed by atoms with Crippen LogP contribution in [0.15, 0.2) is 18.3 Å². The van der Waals surface area contributed by atoms with Gasteiger partial charge in [-0.25, -0.2) is 0 Å². The van der Waals surface area contributed by atoms with Crippen LogP contribution in [-0.4, -0.2) is 17.6 Å². The molecule has 3 nitrogen and oxygen atoms in total. The lowest BCUT2D eigenvalue weighted by molar-refractivity contribution is 0.228. The Morgan fingerprint density at radius 3 is 3.25 bits per heavy atom. The molecule has 0 saturated carbocycles. The monoisotopic (exact) mass is 164 g/mol. The van der Waals surface area contributed by atoms with E-state index in [4.69, 9.17) is 10.5 Å². The number of nitrogens with two attached hydrogens (primary N) is 1. The average molecular weight is 164 g/mol. The van der Waals surface area contributed by atoms with Crippen molar-refractivity contribution in [3.8, 4) is 5.75 Å². The zero-order chi connectivity index (χ0) is 8.55. The number of nitrogens with zero attached hydrogens (tertiary/aromatic N) is 1. The Balaban J connectivity index is 2.40. The lowest BCUT2D eigenvalue weighted by Gasteiger charge is -2.10. The number of ether oxygens (including phenoxy) is 1. The van der Waals surface area contributed by atoms with Crippen molar-refractivity contribution in [1.82, 2.24) is 4.98 Å². The molecule has 64 valence electrons. The van der Waals surface area contributed by atoms with Crippen LogP contribution in [0.1, 0.15) is 18.5 Å². The van der Waals surface area contributed by atoms with E-state index >= 15 is 0 Å². The predicted octanol–water partition coefficient (Wildman–Crippen LogP) is 0.905. The number of hydrogen-bond donors (Lipinski definition) is 1. The first-order valence-corrected chi connectivity index (χ1v) is 4.14. The molecule has 2 atom stereocenters. The number of aromatic nitrogens is 1. The molecule has 1 aromatic rings. The standard InChI is InChI=1S/C9H12N2O/c1-6-7(5-10)9-8(12-6)3-2-4-11-9/h2-4,6-7H,5,10H2,1H3/t6-,7+/m0/s1. The molecule has 12 heavy (non-hydrogen) atoms. The zero-order valence-corrected chi connectivity index (χ0v) is 7.03. The largest absolute Gasteiger partial charge is 0.488 e. The summed E-state index contributed by atoms with van der Waals surface area (Å²) in [6.07, 6.45) is 1.95. The summed E-state index contributed by atoms with van der Waals surface area (Å²) >= 11 is 0. The van der Waals surface area contributed by atoms with Gasteiger partial charge >= 0.3 is 0 Å². The van der Waals surface area contributed by atoms with E-state index in [0.29, 0.717) is 6.54 Å². The van der Waals surface area contributed by atoms with Crippen LogP contribution in [0.3, 0.4) is 0 Å². The van der Waals surface area contributed by atoms with Crippen molar-refractivity contribution in [1.29, 1.82) is 0 Å². The second-order valence-corrected chi connectivity index (χ2v) is 3.05. The molecule has 0 radical (unpaired) electrons. The molecular formula is C9H12N2O. The molecule has 0 amide bonds. The topological polar surface area (TPSA) is 48.1 Å². The molecule has 1 aliphatic rings. The van der Waals surface area contributed by atoms with Crippen molar-refractivity contribution in [2.24, 2.45) is 5.73 Å². The third kappa shape index (κ3) is 0.975. The molecule has 1 aliphatic heterocycles. The van der Waals surface area contributed by atoms with E-state index in [-0.39, 0.29) is 12.0 Å². The summed E-state index contributed by atoms with van der Waals surface area (Å²) in [6.45, 7) is 2.63. The second kappa shape index (κ2) is 2.75. The lowest BCUT2D eigenvalue weighted by Crippen LogP contribution is -2.22. The Morgan fingerprint density at radius 1 is 1.67 bits per heavy atom. The maximum Gasteiger partial charge on any atom is 0.141 e. The minimum Gasteiger partial charge on any atom is -0.488 e. The van der Waals surface area contributed by atoms with Gasteiger partial charge in [0, 0.05) is 12.7 Å². The van der Waals surface area contributed by atoms with E-state index in [1.165, 1.54) is 0 Å². The maximum absolute atomic E-state index is 5.62. The van der Waals surface area contributed by atoms with E-state index in [0.717, 1.165) is 11.4 Å². The van der Waals surface area contributed by atoms with Gasteiger partial charge in [-0.1, -0.05) is 0 Å². The Hall–Kier alpha value is -1.09. The van der Waals surface area contributed by atoms with Crippen LogP contribution >= 0.6 is 0 Å². The summed E-state index contributed by atoms with van der Waals surface area (Å²) in [5.74, 6) is 1.15. The van der Waals surface area contributed by atoms with Gasteiger partial charge in [0.05, 0.1) is 11.6 Å². The van der Waals surface area contributed by atoms with E-state index in [9.17, 15) is 0 Å². The molecule has 2 heterocycles. The number of pyridine rings is 1. The summed E-state index contributed by atoms with van der Waals surface area (Å²) in [7, 11) is 0. The molecule has 3 heteroatoms. The van der Waals surface area contributed by atoms with Gasteiger partial charge in [0.15, 0.2) is 0 Å². The normalized spacial score (nSPS) is 26.5. The fraction of sp³-hybridized carbons (Fsp3) is 0.444. The van der Waals surface area contributed by atoms with Crippen molar-refractivity contribution in [3.63, 3.8) is 0 Å². The summed E-state index contributed by atoms with van der Waals surface area (Å²) in [4.78, 5) is 4.26. The average Bonchev–Trinajstić information content (AvgIpc) is 2.40.